The Hall–Kier alpha value is -0.570. The molecule has 0 saturated carbocycles. The van der Waals surface area contributed by atoms with Crippen molar-refractivity contribution in [2.75, 3.05) is 6.61 Å². The van der Waals surface area contributed by atoms with Gasteiger partial charge in [0.15, 0.2) is 5.78 Å². The van der Waals surface area contributed by atoms with E-state index in [9.17, 15) is 25.2 Å². The lowest BCUT2D eigenvalue weighted by Crippen LogP contribution is -2.52. The monoisotopic (exact) mass is 266 g/mol. The summed E-state index contributed by atoms with van der Waals surface area (Å²) in [7, 11) is 0. The second-order valence-electron chi connectivity index (χ2n) is 5.34. The van der Waals surface area contributed by atoms with Crippen LogP contribution in [-0.2, 0) is 4.79 Å². The summed E-state index contributed by atoms with van der Waals surface area (Å²) < 4.78 is 0. The molecule has 0 aromatic heterocycles. The molecule has 0 bridgehead atoms. The summed E-state index contributed by atoms with van der Waals surface area (Å²) in [5.41, 5.74) is -0.777. The third-order valence-electron chi connectivity index (χ3n) is 2.67. The Morgan fingerprint density at radius 2 is 1.44 bits per heavy atom. The van der Waals surface area contributed by atoms with Crippen molar-refractivity contribution in [2.24, 2.45) is 5.41 Å². The zero-order valence-corrected chi connectivity index (χ0v) is 10.7. The largest absolute Gasteiger partial charge is 0.394 e. The summed E-state index contributed by atoms with van der Waals surface area (Å²) >= 11 is 0. The third kappa shape index (κ3) is 4.27. The summed E-state index contributed by atoms with van der Waals surface area (Å²) in [6, 6.07) is 0. The van der Waals surface area contributed by atoms with Gasteiger partial charge in [0.05, 0.1) is 12.7 Å². The Morgan fingerprint density at radius 1 is 1.00 bits per heavy atom. The van der Waals surface area contributed by atoms with Crippen LogP contribution in [0, 0.1) is 5.41 Å². The molecule has 0 aliphatic heterocycles. The van der Waals surface area contributed by atoms with Gasteiger partial charge in [-0.15, -0.1) is 0 Å². The van der Waals surface area contributed by atoms with Gasteiger partial charge in [-0.05, 0) is 5.41 Å². The van der Waals surface area contributed by atoms with E-state index in [2.05, 4.69) is 0 Å². The van der Waals surface area contributed by atoms with Crippen molar-refractivity contribution >= 4 is 5.78 Å². The van der Waals surface area contributed by atoms with E-state index in [1.54, 1.807) is 20.8 Å². The van der Waals surface area contributed by atoms with Gasteiger partial charge in [-0.1, -0.05) is 20.8 Å². The van der Waals surface area contributed by atoms with E-state index in [1.165, 1.54) is 0 Å². The molecule has 0 spiro atoms. The van der Waals surface area contributed by atoms with Gasteiger partial charge in [-0.3, -0.25) is 4.79 Å². The van der Waals surface area contributed by atoms with Gasteiger partial charge in [0.25, 0.3) is 0 Å². The second-order valence-corrected chi connectivity index (χ2v) is 5.34. The van der Waals surface area contributed by atoms with Gasteiger partial charge in [0.2, 0.25) is 0 Å². The highest BCUT2D eigenvalue weighted by molar-refractivity contribution is 5.88. The fourth-order valence-corrected chi connectivity index (χ4v) is 1.32. The van der Waals surface area contributed by atoms with Gasteiger partial charge < -0.3 is 30.6 Å². The van der Waals surface area contributed by atoms with Crippen molar-refractivity contribution < 1.29 is 35.4 Å². The number of carbonyl (C=O) groups excluding carboxylic acids is 1. The highest BCUT2D eigenvalue weighted by atomic mass is 16.4. The first kappa shape index (κ1) is 17.4. The minimum atomic E-state index is -2.05. The minimum Gasteiger partial charge on any atom is -0.394 e. The van der Waals surface area contributed by atoms with E-state index in [1.807, 2.05) is 0 Å². The Kier molecular flexibility index (Phi) is 6.35. The van der Waals surface area contributed by atoms with Crippen LogP contribution >= 0.6 is 0 Å². The third-order valence-corrected chi connectivity index (χ3v) is 2.67. The average Bonchev–Trinajstić information content (AvgIpc) is 2.31. The molecule has 108 valence electrons. The van der Waals surface area contributed by atoms with Gasteiger partial charge in [-0.25, -0.2) is 0 Å². The first-order chi connectivity index (χ1) is 8.03. The molecule has 0 aromatic rings. The smallest absolute Gasteiger partial charge is 0.195 e. The number of hydrogen-bond acceptors (Lipinski definition) is 7. The van der Waals surface area contributed by atoms with E-state index in [4.69, 9.17) is 10.2 Å². The highest BCUT2D eigenvalue weighted by Crippen LogP contribution is 2.23. The molecule has 6 N–H and O–H groups in total. The molecule has 0 fully saturated rings. The maximum atomic E-state index is 11.5. The van der Waals surface area contributed by atoms with E-state index >= 15 is 0 Å². The number of rotatable bonds is 6. The molecule has 18 heavy (non-hydrogen) atoms. The van der Waals surface area contributed by atoms with Crippen molar-refractivity contribution in [2.45, 2.75) is 51.3 Å². The zero-order valence-electron chi connectivity index (χ0n) is 10.7. The van der Waals surface area contributed by atoms with Gasteiger partial charge in [0, 0.05) is 0 Å². The zero-order chi connectivity index (χ0) is 14.7. The SMILES string of the molecule is CC(C)(C)C(O)[C@H](O)[C@H](O)C(=O)[C@H](O)[C@H](O)CO. The lowest BCUT2D eigenvalue weighted by Gasteiger charge is -2.32. The molecule has 0 saturated heterocycles. The van der Waals surface area contributed by atoms with Crippen molar-refractivity contribution in [3.63, 3.8) is 0 Å². The van der Waals surface area contributed by atoms with Crippen LogP contribution in [0.5, 0.6) is 0 Å². The molecule has 0 heterocycles. The maximum Gasteiger partial charge on any atom is 0.195 e. The number of aliphatic hydroxyl groups excluding tert-OH is 6. The van der Waals surface area contributed by atoms with E-state index in [0.717, 1.165) is 0 Å². The molecule has 0 aliphatic carbocycles. The van der Waals surface area contributed by atoms with Gasteiger partial charge >= 0.3 is 0 Å². The summed E-state index contributed by atoms with van der Waals surface area (Å²) in [5, 5.41) is 55.7. The molecule has 7 heteroatoms. The Bertz CT molecular complexity index is 273. The quantitative estimate of drug-likeness (QED) is 0.310. The van der Waals surface area contributed by atoms with Gasteiger partial charge in [0.1, 0.15) is 24.4 Å². The standard InChI is InChI=1S/C11H22O7/c1-11(2,3)10(18)9(17)8(16)7(15)6(14)5(13)4-12/h5-6,8-10,12-14,16-18H,4H2,1-3H3/t5-,6-,8-,9-,10?/m1/s1. The van der Waals surface area contributed by atoms with Crippen LogP contribution in [0.3, 0.4) is 0 Å². The predicted octanol–water partition coefficient (Wildman–Crippen LogP) is -2.60. The lowest BCUT2D eigenvalue weighted by molar-refractivity contribution is -0.158. The number of carbonyl (C=O) groups is 1. The molecule has 0 amide bonds. The van der Waals surface area contributed by atoms with E-state index < -0.39 is 48.3 Å². The normalized spacial score (nSPS) is 20.9. The van der Waals surface area contributed by atoms with Crippen molar-refractivity contribution in [1.82, 2.24) is 0 Å². The van der Waals surface area contributed by atoms with Crippen LogP contribution in [0.4, 0.5) is 0 Å². The van der Waals surface area contributed by atoms with E-state index in [0.29, 0.717) is 0 Å². The molecule has 0 rings (SSSR count). The first-order valence-electron chi connectivity index (χ1n) is 5.59. The average molecular weight is 266 g/mol. The van der Waals surface area contributed by atoms with Crippen molar-refractivity contribution in [3.05, 3.63) is 0 Å². The molecule has 1 unspecified atom stereocenters. The Balaban J connectivity index is 4.74. The second kappa shape index (κ2) is 6.55. The summed E-state index contributed by atoms with van der Waals surface area (Å²) in [5.74, 6) is -1.26. The lowest BCUT2D eigenvalue weighted by atomic mass is 9.83. The van der Waals surface area contributed by atoms with Crippen LogP contribution in [0.15, 0.2) is 0 Å². The van der Waals surface area contributed by atoms with Crippen molar-refractivity contribution in [3.8, 4) is 0 Å². The predicted molar refractivity (Wildman–Crippen MR) is 61.6 cm³/mol. The van der Waals surface area contributed by atoms with Crippen LogP contribution in [-0.4, -0.2) is 73.5 Å². The summed E-state index contributed by atoms with van der Waals surface area (Å²) in [6.07, 6.45) is -9.00. The van der Waals surface area contributed by atoms with Crippen LogP contribution in [0.2, 0.25) is 0 Å². The number of Topliss-reactive ketones (excluding diaryl/α,β-unsaturated/α-hetero) is 1. The number of hydrogen-bond donors (Lipinski definition) is 6. The fraction of sp³-hybridized carbons (Fsp3) is 0.909. The molecular weight excluding hydrogens is 244 g/mol. The molecule has 0 aromatic carbocycles. The first-order valence-corrected chi connectivity index (χ1v) is 5.59. The van der Waals surface area contributed by atoms with Gasteiger partial charge in [-0.2, -0.15) is 0 Å². The molecule has 0 radical (unpaired) electrons. The van der Waals surface area contributed by atoms with Crippen LogP contribution in [0.25, 0.3) is 0 Å². The topological polar surface area (TPSA) is 138 Å². The Morgan fingerprint density at radius 3 is 1.78 bits per heavy atom. The maximum absolute atomic E-state index is 11.5. The molecule has 7 nitrogen and oxygen atoms in total. The molecule has 0 aliphatic rings. The van der Waals surface area contributed by atoms with E-state index in [-0.39, 0.29) is 0 Å². The van der Waals surface area contributed by atoms with Crippen LogP contribution in [0.1, 0.15) is 20.8 Å². The highest BCUT2D eigenvalue weighted by Gasteiger charge is 2.40. The fourth-order valence-electron chi connectivity index (χ4n) is 1.32. The number of ketones is 1. The Labute approximate surface area is 105 Å². The van der Waals surface area contributed by atoms with Crippen LogP contribution < -0.4 is 0 Å². The number of aliphatic hydroxyl groups is 6. The molecular formula is C11H22O7. The molecule has 5 atom stereocenters. The summed E-state index contributed by atoms with van der Waals surface area (Å²) in [4.78, 5) is 11.5. The summed E-state index contributed by atoms with van der Waals surface area (Å²) in [6.45, 7) is 3.92. The van der Waals surface area contributed by atoms with Crippen molar-refractivity contribution in [1.29, 1.82) is 0 Å². The minimum absolute atomic E-state index is 0.777.